The molecular formula is C14H14N2O4S. The predicted molar refractivity (Wildman–Crippen MR) is 79.1 cm³/mol. The number of ether oxygens (including phenoxy) is 1. The summed E-state index contributed by atoms with van der Waals surface area (Å²) in [4.78, 5) is 27.1. The van der Waals surface area contributed by atoms with Crippen LogP contribution in [0.2, 0.25) is 0 Å². The maximum atomic E-state index is 11.9. The van der Waals surface area contributed by atoms with E-state index in [9.17, 15) is 9.59 Å². The number of nitrogens with zero attached hydrogens (tertiary/aromatic N) is 1. The van der Waals surface area contributed by atoms with Gasteiger partial charge in [-0.05, 0) is 31.2 Å². The van der Waals surface area contributed by atoms with Gasteiger partial charge in [0.1, 0.15) is 15.6 Å². The van der Waals surface area contributed by atoms with Gasteiger partial charge in [0.15, 0.2) is 0 Å². The Morgan fingerprint density at radius 2 is 2.00 bits per heavy atom. The van der Waals surface area contributed by atoms with Crippen molar-refractivity contribution in [3.63, 3.8) is 0 Å². The Labute approximate surface area is 125 Å². The van der Waals surface area contributed by atoms with E-state index in [2.05, 4.69) is 10.3 Å². The van der Waals surface area contributed by atoms with Gasteiger partial charge in [-0.3, -0.25) is 4.79 Å². The number of thiazole rings is 1. The number of carbonyl (C=O) groups is 2. The zero-order valence-corrected chi connectivity index (χ0v) is 12.4. The minimum absolute atomic E-state index is 0.0464. The maximum Gasteiger partial charge on any atom is 0.347 e. The first kappa shape index (κ1) is 15.0. The Morgan fingerprint density at radius 3 is 2.52 bits per heavy atom. The van der Waals surface area contributed by atoms with Crippen LogP contribution in [0.3, 0.4) is 0 Å². The molecule has 1 aromatic heterocycles. The van der Waals surface area contributed by atoms with E-state index in [1.807, 2.05) is 0 Å². The molecule has 2 aromatic rings. The fourth-order valence-corrected chi connectivity index (χ4v) is 2.65. The van der Waals surface area contributed by atoms with Gasteiger partial charge < -0.3 is 15.2 Å². The van der Waals surface area contributed by atoms with Crippen molar-refractivity contribution in [3.05, 3.63) is 39.8 Å². The molecule has 0 aliphatic rings. The molecule has 110 valence electrons. The average molecular weight is 306 g/mol. The summed E-state index contributed by atoms with van der Waals surface area (Å²) in [5, 5.41) is 12.2. The first-order valence-electron chi connectivity index (χ1n) is 6.13. The third kappa shape index (κ3) is 3.79. The van der Waals surface area contributed by atoms with Crippen LogP contribution in [0.4, 0.5) is 5.69 Å². The first-order chi connectivity index (χ1) is 9.99. The van der Waals surface area contributed by atoms with Crippen LogP contribution >= 0.6 is 11.3 Å². The third-order valence-corrected chi connectivity index (χ3v) is 3.87. The van der Waals surface area contributed by atoms with Crippen LogP contribution in [0.1, 0.15) is 20.4 Å². The minimum Gasteiger partial charge on any atom is -0.497 e. The second kappa shape index (κ2) is 6.36. The number of benzene rings is 1. The second-order valence-electron chi connectivity index (χ2n) is 4.28. The number of carboxylic acid groups (broad SMARTS) is 1. The van der Waals surface area contributed by atoms with Crippen LogP contribution in [0.25, 0.3) is 0 Å². The Hall–Kier alpha value is -2.41. The maximum absolute atomic E-state index is 11.9. The zero-order valence-electron chi connectivity index (χ0n) is 11.5. The van der Waals surface area contributed by atoms with Crippen molar-refractivity contribution in [2.45, 2.75) is 13.3 Å². The number of hydrogen-bond acceptors (Lipinski definition) is 5. The largest absolute Gasteiger partial charge is 0.497 e. The molecule has 7 heteroatoms. The molecule has 6 nitrogen and oxygen atoms in total. The van der Waals surface area contributed by atoms with E-state index >= 15 is 0 Å². The smallest absolute Gasteiger partial charge is 0.347 e. The molecule has 0 bridgehead atoms. The highest BCUT2D eigenvalue weighted by molar-refractivity contribution is 7.13. The molecule has 2 N–H and O–H groups in total. The van der Waals surface area contributed by atoms with Gasteiger partial charge in [0.2, 0.25) is 5.91 Å². The number of nitrogens with one attached hydrogen (secondary N) is 1. The summed E-state index contributed by atoms with van der Waals surface area (Å²) < 4.78 is 5.03. The molecule has 0 unspecified atom stereocenters. The van der Waals surface area contributed by atoms with E-state index < -0.39 is 5.97 Å². The highest BCUT2D eigenvalue weighted by Gasteiger charge is 2.16. The lowest BCUT2D eigenvalue weighted by Gasteiger charge is -2.05. The van der Waals surface area contributed by atoms with Crippen LogP contribution in [-0.4, -0.2) is 29.1 Å². The molecule has 2 rings (SSSR count). The highest BCUT2D eigenvalue weighted by atomic mass is 32.1. The van der Waals surface area contributed by atoms with Crippen LogP contribution in [0.15, 0.2) is 24.3 Å². The monoisotopic (exact) mass is 306 g/mol. The lowest BCUT2D eigenvalue weighted by Crippen LogP contribution is -2.14. The second-order valence-corrected chi connectivity index (χ2v) is 5.36. The van der Waals surface area contributed by atoms with Crippen molar-refractivity contribution in [1.29, 1.82) is 0 Å². The Bertz CT molecular complexity index is 664. The molecule has 0 fully saturated rings. The molecule has 0 aliphatic heterocycles. The molecule has 0 spiro atoms. The summed E-state index contributed by atoms with van der Waals surface area (Å²) in [5.74, 6) is -0.563. The first-order valence-corrected chi connectivity index (χ1v) is 6.94. The average Bonchev–Trinajstić information content (AvgIpc) is 2.80. The van der Waals surface area contributed by atoms with E-state index in [0.29, 0.717) is 22.1 Å². The molecule has 1 amide bonds. The number of carboxylic acids is 1. The number of aromatic nitrogens is 1. The van der Waals surface area contributed by atoms with Crippen LogP contribution in [0.5, 0.6) is 5.75 Å². The molecule has 0 saturated heterocycles. The number of rotatable bonds is 5. The number of amides is 1. The SMILES string of the molecule is COc1ccc(NC(=O)Cc2nc(C)c(C(=O)O)s2)cc1. The third-order valence-electron chi connectivity index (χ3n) is 2.72. The van der Waals surface area contributed by atoms with Gasteiger partial charge in [-0.1, -0.05) is 0 Å². The van der Waals surface area contributed by atoms with Crippen molar-refractivity contribution in [1.82, 2.24) is 4.98 Å². The fraction of sp³-hybridized carbons (Fsp3) is 0.214. The Kier molecular flexibility index (Phi) is 4.54. The van der Waals surface area contributed by atoms with Gasteiger partial charge in [0.25, 0.3) is 0 Å². The number of hydrogen-bond donors (Lipinski definition) is 2. The topological polar surface area (TPSA) is 88.5 Å². The van der Waals surface area contributed by atoms with Crippen molar-refractivity contribution in [3.8, 4) is 5.75 Å². The van der Waals surface area contributed by atoms with Crippen molar-refractivity contribution < 1.29 is 19.4 Å². The number of carbonyl (C=O) groups excluding carboxylic acids is 1. The summed E-state index contributed by atoms with van der Waals surface area (Å²) in [6, 6.07) is 6.94. The highest BCUT2D eigenvalue weighted by Crippen LogP contribution is 2.19. The van der Waals surface area contributed by atoms with Gasteiger partial charge in [0, 0.05) is 5.69 Å². The van der Waals surface area contributed by atoms with Gasteiger partial charge in [-0.15, -0.1) is 11.3 Å². The van der Waals surface area contributed by atoms with E-state index in [1.54, 1.807) is 38.3 Å². The van der Waals surface area contributed by atoms with Crippen LogP contribution in [-0.2, 0) is 11.2 Å². The van der Waals surface area contributed by atoms with Crippen molar-refractivity contribution >= 4 is 28.9 Å². The number of methoxy groups -OCH3 is 1. The van der Waals surface area contributed by atoms with Crippen LogP contribution < -0.4 is 10.1 Å². The quantitative estimate of drug-likeness (QED) is 0.885. The van der Waals surface area contributed by atoms with Gasteiger partial charge in [0.05, 0.1) is 19.2 Å². The standard InChI is InChI=1S/C14H14N2O4S/c1-8-13(14(18)19)21-12(15-8)7-11(17)16-9-3-5-10(20-2)6-4-9/h3-6H,7H2,1-2H3,(H,16,17)(H,18,19). The molecule has 0 atom stereocenters. The molecular weight excluding hydrogens is 292 g/mol. The number of anilines is 1. The summed E-state index contributed by atoms with van der Waals surface area (Å²) in [6.07, 6.45) is 0.0464. The summed E-state index contributed by atoms with van der Waals surface area (Å²) >= 11 is 1.02. The summed E-state index contributed by atoms with van der Waals surface area (Å²) in [7, 11) is 1.57. The molecule has 1 heterocycles. The molecule has 1 aromatic carbocycles. The predicted octanol–water partition coefficient (Wildman–Crippen LogP) is 2.34. The molecule has 21 heavy (non-hydrogen) atoms. The number of aryl methyl sites for hydroxylation is 1. The lowest BCUT2D eigenvalue weighted by molar-refractivity contribution is -0.115. The minimum atomic E-state index is -1.02. The van der Waals surface area contributed by atoms with Crippen molar-refractivity contribution in [2.24, 2.45) is 0 Å². The molecule has 0 saturated carbocycles. The zero-order chi connectivity index (χ0) is 15.4. The van der Waals surface area contributed by atoms with E-state index in [0.717, 1.165) is 11.3 Å². The van der Waals surface area contributed by atoms with E-state index in [-0.39, 0.29) is 17.2 Å². The number of aromatic carboxylic acids is 1. The van der Waals surface area contributed by atoms with Gasteiger partial charge >= 0.3 is 5.97 Å². The van der Waals surface area contributed by atoms with Crippen LogP contribution in [0, 0.1) is 6.92 Å². The normalized spacial score (nSPS) is 10.2. The summed E-state index contributed by atoms with van der Waals surface area (Å²) in [6.45, 7) is 1.62. The molecule has 0 radical (unpaired) electrons. The van der Waals surface area contributed by atoms with Gasteiger partial charge in [-0.25, -0.2) is 9.78 Å². The van der Waals surface area contributed by atoms with Crippen molar-refractivity contribution in [2.75, 3.05) is 12.4 Å². The Morgan fingerprint density at radius 1 is 1.33 bits per heavy atom. The lowest BCUT2D eigenvalue weighted by atomic mass is 10.3. The van der Waals surface area contributed by atoms with E-state index in [1.165, 1.54) is 0 Å². The Balaban J connectivity index is 2.01. The van der Waals surface area contributed by atoms with Gasteiger partial charge in [-0.2, -0.15) is 0 Å². The van der Waals surface area contributed by atoms with E-state index in [4.69, 9.17) is 9.84 Å². The fourth-order valence-electron chi connectivity index (χ4n) is 1.74. The summed E-state index contributed by atoms with van der Waals surface area (Å²) in [5.41, 5.74) is 1.08. The molecule has 0 aliphatic carbocycles.